The number of thiophene rings is 1. The smallest absolute Gasteiger partial charge is 0.107 e. The van der Waals surface area contributed by atoms with Gasteiger partial charge in [0.15, 0.2) is 0 Å². The molecule has 1 aliphatic rings. The Morgan fingerprint density at radius 3 is 2.82 bits per heavy atom. The van der Waals surface area contributed by atoms with E-state index in [-0.39, 0.29) is 0 Å². The van der Waals surface area contributed by atoms with E-state index in [4.69, 9.17) is 0 Å². The van der Waals surface area contributed by atoms with E-state index in [0.29, 0.717) is 0 Å². The summed E-state index contributed by atoms with van der Waals surface area (Å²) in [6, 6.07) is 12.9. The number of nitrogens with zero attached hydrogens (tertiary/aromatic N) is 2. The van der Waals surface area contributed by atoms with E-state index in [1.807, 2.05) is 11.3 Å². The molecule has 0 fully saturated rings. The van der Waals surface area contributed by atoms with E-state index in [9.17, 15) is 0 Å². The Bertz CT molecular complexity index is 839. The highest BCUT2D eigenvalue weighted by atomic mass is 32.1. The van der Waals surface area contributed by atoms with Gasteiger partial charge in [-0.2, -0.15) is 0 Å². The van der Waals surface area contributed by atoms with Crippen LogP contribution in [0.4, 0.5) is 0 Å². The molecule has 2 nitrogen and oxygen atoms in total. The Morgan fingerprint density at radius 1 is 1.18 bits per heavy atom. The highest BCUT2D eigenvalue weighted by molar-refractivity contribution is 7.18. The van der Waals surface area contributed by atoms with E-state index in [0.717, 1.165) is 19.5 Å². The van der Waals surface area contributed by atoms with Gasteiger partial charge in [0.2, 0.25) is 0 Å². The lowest BCUT2D eigenvalue weighted by Crippen LogP contribution is -2.26. The second-order valence-electron chi connectivity index (χ2n) is 6.09. The summed E-state index contributed by atoms with van der Waals surface area (Å²) in [5.74, 6) is 0. The lowest BCUT2D eigenvalue weighted by Gasteiger charge is -2.23. The molecule has 0 N–H and O–H groups in total. The topological polar surface area (TPSA) is 8.17 Å². The molecule has 0 saturated carbocycles. The van der Waals surface area contributed by atoms with Gasteiger partial charge in [-0.3, -0.25) is 0 Å². The lowest BCUT2D eigenvalue weighted by molar-refractivity contribution is 0.312. The van der Waals surface area contributed by atoms with Crippen molar-refractivity contribution < 1.29 is 0 Å². The van der Waals surface area contributed by atoms with Gasteiger partial charge in [-0.15, -0.1) is 11.3 Å². The molecular formula is C19H20N2S. The van der Waals surface area contributed by atoms with Crippen LogP contribution in [0.3, 0.4) is 0 Å². The first-order chi connectivity index (χ1) is 10.7. The third kappa shape index (κ3) is 2.31. The zero-order valence-corrected chi connectivity index (χ0v) is 13.9. The highest BCUT2D eigenvalue weighted by Gasteiger charge is 2.22. The molecule has 3 heterocycles. The molecule has 0 saturated heterocycles. The van der Waals surface area contributed by atoms with Crippen molar-refractivity contribution in [3.8, 4) is 0 Å². The maximum absolute atomic E-state index is 2.42. The number of fused-ring (bicyclic) bond motifs is 3. The third-order valence-electron chi connectivity index (χ3n) is 4.39. The summed E-state index contributed by atoms with van der Waals surface area (Å²) in [4.78, 5) is 5.20. The van der Waals surface area contributed by atoms with Crippen molar-refractivity contribution in [2.75, 3.05) is 13.6 Å². The number of likely N-dealkylation sites (N-methyl/N-ethyl adjacent to an activating group) is 1. The first kappa shape index (κ1) is 13.8. The van der Waals surface area contributed by atoms with Gasteiger partial charge >= 0.3 is 0 Å². The van der Waals surface area contributed by atoms with E-state index < -0.39 is 0 Å². The number of aryl methyl sites for hydroxylation is 1. The summed E-state index contributed by atoms with van der Waals surface area (Å²) in [6.45, 7) is 4.41. The Labute approximate surface area is 135 Å². The zero-order chi connectivity index (χ0) is 15.1. The largest absolute Gasteiger partial charge is 0.312 e. The summed E-state index contributed by atoms with van der Waals surface area (Å²) in [7, 11) is 2.21. The van der Waals surface area contributed by atoms with Gasteiger partial charge in [0.25, 0.3) is 0 Å². The molecule has 22 heavy (non-hydrogen) atoms. The molecule has 0 aliphatic carbocycles. The van der Waals surface area contributed by atoms with Crippen LogP contribution in [0.2, 0.25) is 0 Å². The van der Waals surface area contributed by atoms with Crippen molar-refractivity contribution >= 4 is 33.8 Å². The fourth-order valence-corrected chi connectivity index (χ4v) is 4.34. The van der Waals surface area contributed by atoms with Gasteiger partial charge in [-0.05, 0) is 37.2 Å². The molecule has 1 aliphatic heterocycles. The molecule has 2 aromatic heterocycles. The van der Waals surface area contributed by atoms with E-state index in [1.165, 1.54) is 31.9 Å². The molecule has 0 radical (unpaired) electrons. The summed E-state index contributed by atoms with van der Waals surface area (Å²) >= 11 is 1.90. The van der Waals surface area contributed by atoms with Crippen molar-refractivity contribution in [1.29, 1.82) is 0 Å². The van der Waals surface area contributed by atoms with Crippen LogP contribution in [0.15, 0.2) is 36.4 Å². The average molecular weight is 308 g/mol. The Morgan fingerprint density at radius 2 is 2.00 bits per heavy atom. The van der Waals surface area contributed by atoms with Crippen LogP contribution in [0, 0.1) is 6.92 Å². The van der Waals surface area contributed by atoms with Crippen LogP contribution in [-0.4, -0.2) is 23.1 Å². The molecule has 3 heteroatoms. The van der Waals surface area contributed by atoms with Crippen molar-refractivity contribution in [1.82, 2.24) is 9.47 Å². The second kappa shape index (κ2) is 5.41. The van der Waals surface area contributed by atoms with Gasteiger partial charge in [0.05, 0.1) is 0 Å². The predicted octanol–water partition coefficient (Wildman–Crippen LogP) is 4.63. The average Bonchev–Trinajstić information content (AvgIpc) is 3.02. The fraction of sp³-hybridized carbons (Fsp3) is 0.263. The standard InChI is InChI=1S/C19H20N2S/c1-14-12-16-17-13-20(2)10-9-18(17)21(19(16)22-14)11-8-15-6-4-3-5-7-15/h3-8,11-12H,9-10,13H2,1-2H3. The van der Waals surface area contributed by atoms with Crippen LogP contribution in [-0.2, 0) is 13.0 Å². The minimum absolute atomic E-state index is 1.06. The van der Waals surface area contributed by atoms with E-state index in [1.54, 1.807) is 0 Å². The molecule has 112 valence electrons. The number of rotatable bonds is 2. The monoisotopic (exact) mass is 308 g/mol. The molecule has 0 spiro atoms. The van der Waals surface area contributed by atoms with Crippen LogP contribution in [0.1, 0.15) is 21.7 Å². The Hall–Kier alpha value is -1.84. The number of hydrogen-bond acceptors (Lipinski definition) is 2. The second-order valence-corrected chi connectivity index (χ2v) is 7.32. The quantitative estimate of drug-likeness (QED) is 0.670. The summed E-state index contributed by atoms with van der Waals surface area (Å²) < 4.78 is 2.42. The number of aromatic nitrogens is 1. The Balaban J connectivity index is 1.84. The minimum Gasteiger partial charge on any atom is -0.312 e. The Kier molecular flexibility index (Phi) is 3.40. The van der Waals surface area contributed by atoms with Crippen LogP contribution < -0.4 is 0 Å². The van der Waals surface area contributed by atoms with Crippen molar-refractivity contribution in [3.05, 3.63) is 58.1 Å². The van der Waals surface area contributed by atoms with Crippen LogP contribution >= 0.6 is 11.3 Å². The van der Waals surface area contributed by atoms with Crippen molar-refractivity contribution in [3.63, 3.8) is 0 Å². The van der Waals surface area contributed by atoms with Crippen molar-refractivity contribution in [2.24, 2.45) is 0 Å². The van der Waals surface area contributed by atoms with Gasteiger partial charge in [-0.1, -0.05) is 30.3 Å². The number of benzene rings is 1. The predicted molar refractivity (Wildman–Crippen MR) is 96.3 cm³/mol. The minimum atomic E-state index is 1.06. The maximum Gasteiger partial charge on any atom is 0.107 e. The SMILES string of the molecule is Cc1cc2c3c(n(C=Cc4ccccc4)c2s1)CCN(C)C3. The van der Waals surface area contributed by atoms with Crippen LogP contribution in [0.5, 0.6) is 0 Å². The van der Waals surface area contributed by atoms with Gasteiger partial charge in [0.1, 0.15) is 4.83 Å². The fourth-order valence-electron chi connectivity index (χ4n) is 3.30. The normalized spacial score (nSPS) is 15.7. The summed E-state index contributed by atoms with van der Waals surface area (Å²) in [5.41, 5.74) is 4.26. The van der Waals surface area contributed by atoms with Crippen molar-refractivity contribution in [2.45, 2.75) is 19.9 Å². The molecule has 3 aromatic rings. The van der Waals surface area contributed by atoms with E-state index in [2.05, 4.69) is 72.1 Å². The summed E-state index contributed by atoms with van der Waals surface area (Å²) in [6.07, 6.45) is 5.59. The molecule has 0 amide bonds. The first-order valence-corrected chi connectivity index (χ1v) is 8.58. The third-order valence-corrected chi connectivity index (χ3v) is 5.44. The van der Waals surface area contributed by atoms with Crippen LogP contribution in [0.25, 0.3) is 22.5 Å². The van der Waals surface area contributed by atoms with Gasteiger partial charge in [-0.25, -0.2) is 0 Å². The molecule has 0 unspecified atom stereocenters. The molecule has 0 bridgehead atoms. The van der Waals surface area contributed by atoms with E-state index >= 15 is 0 Å². The zero-order valence-electron chi connectivity index (χ0n) is 13.0. The molecule has 0 atom stereocenters. The van der Waals surface area contributed by atoms with Gasteiger partial charge in [0, 0.05) is 41.7 Å². The number of hydrogen-bond donors (Lipinski definition) is 0. The van der Waals surface area contributed by atoms with Gasteiger partial charge < -0.3 is 9.47 Å². The first-order valence-electron chi connectivity index (χ1n) is 7.76. The maximum atomic E-state index is 2.42. The molecular weight excluding hydrogens is 288 g/mol. The highest BCUT2D eigenvalue weighted by Crippen LogP contribution is 2.36. The molecule has 4 rings (SSSR count). The summed E-state index contributed by atoms with van der Waals surface area (Å²) in [5, 5.41) is 1.45. The lowest BCUT2D eigenvalue weighted by atomic mass is 10.1. The molecule has 1 aromatic carbocycles.